The fraction of sp³-hybridized carbons (Fsp3) is 0.407. The molecule has 8 nitrogen and oxygen atoms in total. The highest BCUT2D eigenvalue weighted by Gasteiger charge is 2.36. The number of nitrogens with zero attached hydrogens (tertiary/aromatic N) is 2. The maximum Gasteiger partial charge on any atom is 0.338 e. The van der Waals surface area contributed by atoms with E-state index < -0.39 is 12.0 Å². The van der Waals surface area contributed by atoms with Crippen molar-refractivity contribution in [2.75, 3.05) is 50.8 Å². The molecule has 186 valence electrons. The zero-order chi connectivity index (χ0) is 24.8. The molecule has 1 fully saturated rings. The lowest BCUT2D eigenvalue weighted by molar-refractivity contribution is -0.139. The number of carbonyl (C=O) groups is 2. The average Bonchev–Trinajstić information content (AvgIpc) is 2.85. The minimum atomic E-state index is -0.658. The Morgan fingerprint density at radius 3 is 2.40 bits per heavy atom. The first kappa shape index (κ1) is 24.6. The molecule has 4 rings (SSSR count). The van der Waals surface area contributed by atoms with Crippen LogP contribution < -0.4 is 20.3 Å². The van der Waals surface area contributed by atoms with E-state index in [0.717, 1.165) is 31.7 Å². The molecule has 0 spiro atoms. The molecule has 2 N–H and O–H groups in total. The van der Waals surface area contributed by atoms with E-state index in [2.05, 4.69) is 51.6 Å². The molecule has 2 amide bonds. The van der Waals surface area contributed by atoms with E-state index in [-0.39, 0.29) is 12.6 Å². The van der Waals surface area contributed by atoms with Crippen LogP contribution in [0.25, 0.3) is 0 Å². The van der Waals surface area contributed by atoms with Crippen LogP contribution in [0.5, 0.6) is 5.75 Å². The van der Waals surface area contributed by atoms with Gasteiger partial charge in [-0.3, -0.25) is 4.90 Å². The fourth-order valence-electron chi connectivity index (χ4n) is 4.58. The van der Waals surface area contributed by atoms with Gasteiger partial charge in [0.05, 0.1) is 24.8 Å². The molecule has 2 heterocycles. The first-order valence-electron chi connectivity index (χ1n) is 12.2. The summed E-state index contributed by atoms with van der Waals surface area (Å²) < 4.78 is 11.2. The Balaban J connectivity index is 1.58. The highest BCUT2D eigenvalue weighted by atomic mass is 16.5. The molecule has 1 saturated heterocycles. The zero-order valence-corrected chi connectivity index (χ0v) is 20.7. The lowest BCUT2D eigenvalue weighted by Gasteiger charge is -2.38. The second-order valence-electron chi connectivity index (χ2n) is 8.71. The third-order valence-corrected chi connectivity index (χ3v) is 6.33. The van der Waals surface area contributed by atoms with E-state index in [1.165, 1.54) is 11.3 Å². The van der Waals surface area contributed by atoms with Crippen LogP contribution in [0.15, 0.2) is 59.8 Å². The number of benzene rings is 2. The predicted molar refractivity (Wildman–Crippen MR) is 136 cm³/mol. The van der Waals surface area contributed by atoms with E-state index in [0.29, 0.717) is 30.2 Å². The quantitative estimate of drug-likeness (QED) is 0.566. The summed E-state index contributed by atoms with van der Waals surface area (Å²) in [5, 5.41) is 5.79. The Labute approximate surface area is 206 Å². The molecule has 2 aliphatic rings. The van der Waals surface area contributed by atoms with Crippen molar-refractivity contribution in [2.45, 2.75) is 26.8 Å². The van der Waals surface area contributed by atoms with Gasteiger partial charge in [-0.1, -0.05) is 35.9 Å². The summed E-state index contributed by atoms with van der Waals surface area (Å²) in [6.07, 6.45) is 0. The van der Waals surface area contributed by atoms with Crippen LogP contribution >= 0.6 is 0 Å². The number of piperazine rings is 1. The smallest absolute Gasteiger partial charge is 0.338 e. The summed E-state index contributed by atoms with van der Waals surface area (Å²) in [7, 11) is 0. The molecule has 2 aliphatic heterocycles. The van der Waals surface area contributed by atoms with Crippen molar-refractivity contribution in [1.82, 2.24) is 15.5 Å². The number of para-hydroxylation sites is 1. The minimum absolute atomic E-state index is 0.249. The van der Waals surface area contributed by atoms with E-state index in [9.17, 15) is 9.59 Å². The minimum Gasteiger partial charge on any atom is -0.494 e. The fourth-order valence-corrected chi connectivity index (χ4v) is 4.58. The van der Waals surface area contributed by atoms with E-state index in [1.807, 2.05) is 31.2 Å². The van der Waals surface area contributed by atoms with Gasteiger partial charge in [-0.05, 0) is 39.0 Å². The highest BCUT2D eigenvalue weighted by molar-refractivity contribution is 5.95. The van der Waals surface area contributed by atoms with E-state index in [4.69, 9.17) is 9.47 Å². The third kappa shape index (κ3) is 5.77. The Hall–Kier alpha value is -3.52. The number of ether oxygens (including phenoxy) is 2. The molecule has 0 saturated carbocycles. The maximum absolute atomic E-state index is 13.1. The molecule has 1 unspecified atom stereocenters. The van der Waals surface area contributed by atoms with Gasteiger partial charge in [-0.2, -0.15) is 0 Å². The number of hydrogen-bond donors (Lipinski definition) is 2. The zero-order valence-electron chi connectivity index (χ0n) is 20.7. The number of nitrogens with one attached hydrogen (secondary N) is 2. The first-order chi connectivity index (χ1) is 17.0. The van der Waals surface area contributed by atoms with Crippen LogP contribution in [0.3, 0.4) is 0 Å². The number of rotatable bonds is 8. The second kappa shape index (κ2) is 11.3. The third-order valence-electron chi connectivity index (χ3n) is 6.33. The van der Waals surface area contributed by atoms with Crippen LogP contribution in [-0.2, 0) is 9.53 Å². The predicted octanol–water partition coefficient (Wildman–Crippen LogP) is 3.39. The number of urea groups is 1. The van der Waals surface area contributed by atoms with Gasteiger partial charge < -0.3 is 25.0 Å². The topological polar surface area (TPSA) is 83.1 Å². The second-order valence-corrected chi connectivity index (χ2v) is 8.71. The van der Waals surface area contributed by atoms with Crippen LogP contribution in [0.1, 0.15) is 31.0 Å². The average molecular weight is 479 g/mol. The molecule has 2 aromatic rings. The van der Waals surface area contributed by atoms with Crippen LogP contribution in [-0.4, -0.2) is 62.8 Å². The lowest BCUT2D eigenvalue weighted by atomic mass is 9.94. The summed E-state index contributed by atoms with van der Waals surface area (Å²) in [5.41, 5.74) is 4.18. The molecule has 8 heteroatoms. The molecule has 0 aromatic heterocycles. The van der Waals surface area contributed by atoms with Gasteiger partial charge >= 0.3 is 12.0 Å². The molecule has 1 atom stereocenters. The molecule has 0 aliphatic carbocycles. The molecule has 35 heavy (non-hydrogen) atoms. The Kier molecular flexibility index (Phi) is 7.92. The number of hydrogen-bond acceptors (Lipinski definition) is 6. The maximum atomic E-state index is 13.1. The van der Waals surface area contributed by atoms with Crippen molar-refractivity contribution in [3.63, 3.8) is 0 Å². The standard InChI is InChI=1S/C27H34N4O4/c1-4-34-23-9-7-6-8-21(23)25-24(26(32)35-5-2)22(28-27(33)29-25)18-30-14-16-31(17-15-30)20-12-10-19(3)11-13-20/h6-13,25H,4-5,14-18H2,1-3H3,(H2,28,29,33). The number of carbonyl (C=O) groups excluding carboxylic acids is 2. The van der Waals surface area contributed by atoms with Gasteiger partial charge in [0.1, 0.15) is 5.75 Å². The largest absolute Gasteiger partial charge is 0.494 e. The van der Waals surface area contributed by atoms with Crippen LogP contribution in [0.4, 0.5) is 10.5 Å². The van der Waals surface area contributed by atoms with Gasteiger partial charge in [-0.15, -0.1) is 0 Å². The molecule has 2 aromatic carbocycles. The first-order valence-corrected chi connectivity index (χ1v) is 12.2. The van der Waals surface area contributed by atoms with Crippen LogP contribution in [0, 0.1) is 6.92 Å². The molecular formula is C27H34N4O4. The Bertz CT molecular complexity index is 1070. The van der Waals surface area contributed by atoms with Gasteiger partial charge in [-0.25, -0.2) is 9.59 Å². The van der Waals surface area contributed by atoms with E-state index in [1.54, 1.807) is 6.92 Å². The number of esters is 1. The number of anilines is 1. The summed E-state index contributed by atoms with van der Waals surface area (Å²) in [6, 6.07) is 15.0. The van der Waals surface area contributed by atoms with Gasteiger partial charge in [0, 0.05) is 49.7 Å². The molecular weight excluding hydrogens is 444 g/mol. The van der Waals surface area contributed by atoms with Crippen LogP contribution in [0.2, 0.25) is 0 Å². The summed E-state index contributed by atoms with van der Waals surface area (Å²) in [6.45, 7) is 10.3. The van der Waals surface area contributed by atoms with Gasteiger partial charge in [0.2, 0.25) is 0 Å². The van der Waals surface area contributed by atoms with Crippen molar-refractivity contribution in [2.24, 2.45) is 0 Å². The highest BCUT2D eigenvalue weighted by Crippen LogP contribution is 2.34. The van der Waals surface area contributed by atoms with E-state index >= 15 is 0 Å². The molecule has 0 bridgehead atoms. The summed E-state index contributed by atoms with van der Waals surface area (Å²) >= 11 is 0. The molecule has 0 radical (unpaired) electrons. The number of amides is 2. The summed E-state index contributed by atoms with van der Waals surface area (Å²) in [5.74, 6) is 0.194. The van der Waals surface area contributed by atoms with Crippen molar-refractivity contribution in [1.29, 1.82) is 0 Å². The van der Waals surface area contributed by atoms with Crippen molar-refractivity contribution < 1.29 is 19.1 Å². The Morgan fingerprint density at radius 2 is 1.71 bits per heavy atom. The Morgan fingerprint density at radius 1 is 1.00 bits per heavy atom. The SMILES string of the molecule is CCOC(=O)C1=C(CN2CCN(c3ccc(C)cc3)CC2)NC(=O)NC1c1ccccc1OCC. The lowest BCUT2D eigenvalue weighted by Crippen LogP contribution is -2.51. The monoisotopic (exact) mass is 478 g/mol. The van der Waals surface area contributed by atoms with Crippen molar-refractivity contribution in [3.8, 4) is 5.75 Å². The van der Waals surface area contributed by atoms with Gasteiger partial charge in [0.15, 0.2) is 0 Å². The number of aryl methyl sites for hydroxylation is 1. The van der Waals surface area contributed by atoms with Gasteiger partial charge in [0.25, 0.3) is 0 Å². The van der Waals surface area contributed by atoms with Crippen molar-refractivity contribution >= 4 is 17.7 Å². The summed E-state index contributed by atoms with van der Waals surface area (Å²) in [4.78, 5) is 30.4. The van der Waals surface area contributed by atoms with Crippen molar-refractivity contribution in [3.05, 3.63) is 70.9 Å². The normalized spacial score (nSPS) is 18.7.